The largest absolute Gasteiger partial charge is 0.309 e. The maximum absolute atomic E-state index is 14.0. The minimum atomic E-state index is -1.22. The molecule has 2 fully saturated rings. The van der Waals surface area contributed by atoms with Crippen LogP contribution in [0.5, 0.6) is 0 Å². The van der Waals surface area contributed by atoms with Gasteiger partial charge in [0.2, 0.25) is 11.8 Å². The van der Waals surface area contributed by atoms with E-state index >= 15 is 0 Å². The van der Waals surface area contributed by atoms with Gasteiger partial charge in [-0.25, -0.2) is 4.90 Å². The van der Waals surface area contributed by atoms with Crippen LogP contribution in [0.25, 0.3) is 0 Å². The van der Waals surface area contributed by atoms with Crippen LogP contribution in [0.2, 0.25) is 0 Å². The molecule has 2 aromatic carbocycles. The van der Waals surface area contributed by atoms with E-state index in [4.69, 9.17) is 0 Å². The molecule has 6 nitrogen and oxygen atoms in total. The van der Waals surface area contributed by atoms with Crippen LogP contribution in [0.1, 0.15) is 12.0 Å². The maximum atomic E-state index is 14.0. The Labute approximate surface area is 199 Å². The summed E-state index contributed by atoms with van der Waals surface area (Å²) in [6, 6.07) is 16.4. The zero-order valence-corrected chi connectivity index (χ0v) is 20.1. The summed E-state index contributed by atoms with van der Waals surface area (Å²) < 4.78 is 0. The smallest absolute Gasteiger partial charge is 0.252 e. The van der Waals surface area contributed by atoms with Crippen LogP contribution in [-0.4, -0.2) is 47.6 Å². The highest BCUT2D eigenvalue weighted by Gasteiger charge is 2.71. The van der Waals surface area contributed by atoms with Gasteiger partial charge < -0.3 is 4.90 Å². The lowest BCUT2D eigenvalue weighted by Crippen LogP contribution is -2.55. The van der Waals surface area contributed by atoms with Crippen molar-refractivity contribution < 1.29 is 14.4 Å². The fraction of sp³-hybridized carbons (Fsp3) is 0.375. The molecule has 2 saturated heterocycles. The van der Waals surface area contributed by atoms with Gasteiger partial charge in [-0.2, -0.15) is 11.8 Å². The second-order valence-corrected chi connectivity index (χ2v) is 10.1. The first-order chi connectivity index (χ1) is 15.6. The van der Waals surface area contributed by atoms with Crippen LogP contribution >= 0.6 is 27.7 Å². The van der Waals surface area contributed by atoms with Crippen LogP contribution in [0.3, 0.4) is 0 Å². The van der Waals surface area contributed by atoms with Crippen molar-refractivity contribution in [1.29, 1.82) is 0 Å². The van der Waals surface area contributed by atoms with Gasteiger partial charge in [0, 0.05) is 29.2 Å². The van der Waals surface area contributed by atoms with Crippen LogP contribution in [0, 0.1) is 11.8 Å². The van der Waals surface area contributed by atoms with Crippen molar-refractivity contribution in [3.8, 4) is 0 Å². The predicted molar refractivity (Wildman–Crippen MR) is 130 cm³/mol. The average molecular weight is 514 g/mol. The molecule has 4 atom stereocenters. The van der Waals surface area contributed by atoms with Gasteiger partial charge in [0.05, 0.1) is 17.5 Å². The topological polar surface area (TPSA) is 69.7 Å². The molecule has 3 heterocycles. The molecule has 3 aliphatic rings. The van der Waals surface area contributed by atoms with Gasteiger partial charge >= 0.3 is 0 Å². The number of carbonyl (C=O) groups is 3. The van der Waals surface area contributed by atoms with E-state index in [1.165, 1.54) is 4.90 Å². The Morgan fingerprint density at radius 2 is 1.75 bits per heavy atom. The number of imide groups is 1. The number of carbonyl (C=O) groups excluding carboxylic acids is 3. The van der Waals surface area contributed by atoms with E-state index in [9.17, 15) is 14.4 Å². The van der Waals surface area contributed by atoms with Crippen LogP contribution in [0.15, 0.2) is 54.6 Å². The molecule has 0 bridgehead atoms. The molecule has 166 valence electrons. The number of amides is 3. The summed E-state index contributed by atoms with van der Waals surface area (Å²) >= 11 is 5.15. The second-order valence-electron chi connectivity index (χ2n) is 8.35. The predicted octanol–water partition coefficient (Wildman–Crippen LogP) is 3.15. The van der Waals surface area contributed by atoms with Crippen molar-refractivity contribution in [3.63, 3.8) is 0 Å². The normalized spacial score (nSPS) is 28.7. The van der Waals surface area contributed by atoms with Crippen LogP contribution in [0.4, 0.5) is 11.4 Å². The number of hydrogen-bond acceptors (Lipinski definition) is 5. The summed E-state index contributed by atoms with van der Waals surface area (Å²) in [5.41, 5.74) is 0.950. The van der Waals surface area contributed by atoms with E-state index in [2.05, 4.69) is 21.2 Å². The van der Waals surface area contributed by atoms with Gasteiger partial charge in [-0.05, 0) is 36.6 Å². The summed E-state index contributed by atoms with van der Waals surface area (Å²) in [7, 11) is 0. The van der Waals surface area contributed by atoms with Crippen molar-refractivity contribution in [3.05, 3.63) is 60.2 Å². The zero-order valence-electron chi connectivity index (χ0n) is 17.7. The standard InChI is InChI=1S/C24H24BrN3O3S/c1-32-14-11-17-19-20(22(30)28(21(19)29)15-7-3-2-4-8-15)24(26-17)16-9-5-6-10-18(16)27(13-12-25)23(24)31/h2-10,17,19-20,26H,11-14H2,1H3/t17-,19-,20+,24+/m1/s1. The molecular formula is C24H24BrN3O3S. The minimum Gasteiger partial charge on any atom is -0.309 e. The Hall–Kier alpha value is -2.16. The first kappa shape index (κ1) is 21.7. The van der Waals surface area contributed by atoms with Crippen LogP contribution in [-0.2, 0) is 19.9 Å². The van der Waals surface area contributed by atoms with E-state index in [-0.39, 0.29) is 23.8 Å². The minimum absolute atomic E-state index is 0.143. The molecule has 1 N–H and O–H groups in total. The maximum Gasteiger partial charge on any atom is 0.252 e. The summed E-state index contributed by atoms with van der Waals surface area (Å²) in [4.78, 5) is 44.6. The molecule has 8 heteroatoms. The number of halogens is 1. The quantitative estimate of drug-likeness (QED) is 0.474. The zero-order chi connectivity index (χ0) is 22.5. The number of alkyl halides is 1. The van der Waals surface area contributed by atoms with Gasteiger partial charge in [-0.15, -0.1) is 0 Å². The lowest BCUT2D eigenvalue weighted by molar-refractivity contribution is -0.132. The highest BCUT2D eigenvalue weighted by atomic mass is 79.9. The molecule has 0 aromatic heterocycles. The molecule has 0 radical (unpaired) electrons. The average Bonchev–Trinajstić information content (AvgIpc) is 3.38. The van der Waals surface area contributed by atoms with Crippen molar-refractivity contribution in [2.24, 2.45) is 11.8 Å². The molecule has 0 saturated carbocycles. The fourth-order valence-corrected chi connectivity index (χ4v) is 6.42. The first-order valence-corrected chi connectivity index (χ1v) is 13.2. The number of nitrogens with one attached hydrogen (secondary N) is 1. The molecule has 0 aliphatic carbocycles. The Bertz CT molecular complexity index is 1080. The van der Waals surface area contributed by atoms with Gasteiger partial charge in [-0.3, -0.25) is 19.7 Å². The molecule has 3 amide bonds. The lowest BCUT2D eigenvalue weighted by Gasteiger charge is -2.30. The summed E-state index contributed by atoms with van der Waals surface area (Å²) in [6.07, 6.45) is 2.73. The monoisotopic (exact) mass is 513 g/mol. The Balaban J connectivity index is 1.67. The molecule has 1 spiro atoms. The summed E-state index contributed by atoms with van der Waals surface area (Å²) in [5, 5.41) is 4.16. The van der Waals surface area contributed by atoms with Crippen molar-refractivity contribution >= 4 is 56.8 Å². The van der Waals surface area contributed by atoms with E-state index in [1.807, 2.05) is 48.7 Å². The van der Waals surface area contributed by atoms with Crippen molar-refractivity contribution in [2.45, 2.75) is 18.0 Å². The first-order valence-electron chi connectivity index (χ1n) is 10.7. The molecule has 32 heavy (non-hydrogen) atoms. The molecule has 2 aromatic rings. The van der Waals surface area contributed by atoms with Gasteiger partial charge in [0.25, 0.3) is 5.91 Å². The highest BCUT2D eigenvalue weighted by Crippen LogP contribution is 2.55. The fourth-order valence-electron chi connectivity index (χ4n) is 5.58. The third kappa shape index (κ3) is 2.92. The Kier molecular flexibility index (Phi) is 5.63. The third-order valence-electron chi connectivity index (χ3n) is 6.82. The van der Waals surface area contributed by atoms with E-state index < -0.39 is 17.4 Å². The highest BCUT2D eigenvalue weighted by molar-refractivity contribution is 9.09. The Morgan fingerprint density at radius 1 is 1.03 bits per heavy atom. The number of anilines is 2. The Morgan fingerprint density at radius 3 is 2.47 bits per heavy atom. The third-order valence-corrected chi connectivity index (χ3v) is 7.82. The van der Waals surface area contributed by atoms with E-state index in [1.54, 1.807) is 28.8 Å². The number of nitrogens with zero attached hydrogens (tertiary/aromatic N) is 2. The number of hydrogen-bond donors (Lipinski definition) is 1. The van der Waals surface area contributed by atoms with E-state index in [0.29, 0.717) is 24.0 Å². The molecule has 3 aliphatic heterocycles. The van der Waals surface area contributed by atoms with Gasteiger partial charge in [0.15, 0.2) is 0 Å². The molecule has 0 unspecified atom stereocenters. The van der Waals surface area contributed by atoms with E-state index in [0.717, 1.165) is 17.0 Å². The number of para-hydroxylation sites is 2. The van der Waals surface area contributed by atoms with Crippen LogP contribution < -0.4 is 15.1 Å². The van der Waals surface area contributed by atoms with Gasteiger partial charge in [0.1, 0.15) is 5.54 Å². The lowest BCUT2D eigenvalue weighted by atomic mass is 9.76. The second kappa shape index (κ2) is 8.32. The van der Waals surface area contributed by atoms with Crippen molar-refractivity contribution in [2.75, 3.05) is 33.7 Å². The number of fused-ring (bicyclic) bond motifs is 4. The SMILES string of the molecule is CSCC[C@H]1N[C@]2(C(=O)N(CCBr)c3ccccc32)[C@@H]2C(=O)N(c3ccccc3)C(=O)[C@@H]21. The summed E-state index contributed by atoms with van der Waals surface area (Å²) in [6.45, 7) is 0.497. The summed E-state index contributed by atoms with van der Waals surface area (Å²) in [5.74, 6) is -1.16. The number of rotatable bonds is 6. The van der Waals surface area contributed by atoms with Crippen molar-refractivity contribution in [1.82, 2.24) is 5.32 Å². The number of thioether (sulfide) groups is 1. The number of benzene rings is 2. The molecular weight excluding hydrogens is 490 g/mol. The molecule has 5 rings (SSSR count). The van der Waals surface area contributed by atoms with Gasteiger partial charge in [-0.1, -0.05) is 52.3 Å².